The van der Waals surface area contributed by atoms with Gasteiger partial charge in [0, 0.05) is 0 Å². The Hall–Kier alpha value is 1.77. The largest absolute Gasteiger partial charge is 1.00 e. The van der Waals surface area contributed by atoms with E-state index in [9.17, 15) is 0 Å². The first-order chi connectivity index (χ1) is 4.00. The summed E-state index contributed by atoms with van der Waals surface area (Å²) in [5, 5.41) is 0. The van der Waals surface area contributed by atoms with Crippen LogP contribution in [0.2, 0.25) is 0 Å². The zero-order valence-electron chi connectivity index (χ0n) is 6.87. The molecule has 0 spiro atoms. The fraction of sp³-hybridized carbons (Fsp3) is 0. The third-order valence-corrected chi connectivity index (χ3v) is 0. The van der Waals surface area contributed by atoms with Crippen LogP contribution in [0.15, 0.2) is 26.3 Å². The minimum absolute atomic E-state index is 0. The van der Waals surface area contributed by atoms with Crippen molar-refractivity contribution in [3.63, 3.8) is 0 Å². The van der Waals surface area contributed by atoms with E-state index in [2.05, 4.69) is 37.5 Å². The maximum absolute atomic E-state index is 8.89. The number of rotatable bonds is 0. The molecule has 0 saturated carbocycles. The molecule has 0 saturated heterocycles. The van der Waals surface area contributed by atoms with E-state index in [1.54, 1.807) is 0 Å². The molecular weight excluding hydrogens is 206 g/mol. The molecule has 0 aliphatic carbocycles. The second-order valence-electron chi connectivity index (χ2n) is 0.408. The molecule has 0 aliphatic heterocycles. The van der Waals surface area contributed by atoms with E-state index in [4.69, 9.17) is 13.3 Å². The third kappa shape index (κ3) is 359. The molecule has 0 aromatic heterocycles. The predicted molar refractivity (Wildman–Crippen MR) is 39.6 cm³/mol. The zero-order valence-corrected chi connectivity index (χ0v) is 12.5. The van der Waals surface area contributed by atoms with Gasteiger partial charge in [0.05, 0.1) is 0 Å². The van der Waals surface area contributed by atoms with Crippen LogP contribution in [0.3, 0.4) is 0 Å². The number of hydrogen-bond donors (Lipinski definition) is 0. The SMILES string of the molecule is C=C.C=C.O=S([O-])([O-])=S.[Na+].[Na+]. The topological polar surface area (TPSA) is 63.2 Å². The number of hydrogen-bond acceptors (Lipinski definition) is 4. The monoisotopic (exact) mass is 214 g/mol. The van der Waals surface area contributed by atoms with E-state index in [0.717, 1.165) is 0 Å². The minimum Gasteiger partial charge on any atom is -0.780 e. The fourth-order valence-electron chi connectivity index (χ4n) is 0. The molecule has 0 aliphatic rings. The van der Waals surface area contributed by atoms with Crippen LogP contribution in [0, 0.1) is 0 Å². The molecule has 0 amide bonds. The average molecular weight is 214 g/mol. The van der Waals surface area contributed by atoms with Crippen molar-refractivity contribution in [3.05, 3.63) is 26.3 Å². The van der Waals surface area contributed by atoms with Gasteiger partial charge >= 0.3 is 59.1 Å². The van der Waals surface area contributed by atoms with Gasteiger partial charge in [-0.2, -0.15) is 0 Å². The summed E-state index contributed by atoms with van der Waals surface area (Å²) in [5.41, 5.74) is 0. The Bertz CT molecular complexity index is 124. The van der Waals surface area contributed by atoms with Crippen LogP contribution in [-0.2, 0) is 20.2 Å². The maximum atomic E-state index is 8.89. The van der Waals surface area contributed by atoms with Crippen molar-refractivity contribution < 1.29 is 72.4 Å². The molecule has 0 bridgehead atoms. The van der Waals surface area contributed by atoms with E-state index in [1.165, 1.54) is 0 Å². The Labute approximate surface area is 117 Å². The second-order valence-corrected chi connectivity index (χ2v) is 2.45. The maximum Gasteiger partial charge on any atom is 1.00 e. The van der Waals surface area contributed by atoms with Gasteiger partial charge in [0.1, 0.15) is 0 Å². The first-order valence-corrected chi connectivity index (χ1v) is 4.00. The first-order valence-electron chi connectivity index (χ1n) is 1.67. The van der Waals surface area contributed by atoms with Gasteiger partial charge in [0.25, 0.3) is 0 Å². The molecule has 0 fully saturated rings. The van der Waals surface area contributed by atoms with Gasteiger partial charge in [-0.25, -0.2) is 0 Å². The summed E-state index contributed by atoms with van der Waals surface area (Å²) in [5.74, 6) is 0. The van der Waals surface area contributed by atoms with E-state index in [1.807, 2.05) is 0 Å². The van der Waals surface area contributed by atoms with Gasteiger partial charge in [0.2, 0.25) is 0 Å². The summed E-state index contributed by atoms with van der Waals surface area (Å²) < 4.78 is 26.7. The molecule has 3 nitrogen and oxygen atoms in total. The average Bonchev–Trinajstić information content (AvgIpc) is 1.72. The standard InChI is InChI=1S/2C2H4.2Na.H2O3S2/c2*1-2;;;1-5(2,3)4/h2*1-2H2;;;(H2,1,2,3,4)/q;;2*+1;/p-2. The Balaban J connectivity index is -0.0000000178. The van der Waals surface area contributed by atoms with Gasteiger partial charge in [-0.15, -0.1) is 35.4 Å². The molecule has 0 unspecified atom stereocenters. The van der Waals surface area contributed by atoms with Crippen molar-refractivity contribution in [1.82, 2.24) is 0 Å². The van der Waals surface area contributed by atoms with Gasteiger partial charge in [-0.1, -0.05) is 0 Å². The fourth-order valence-corrected chi connectivity index (χ4v) is 0. The van der Waals surface area contributed by atoms with Crippen LogP contribution in [0.4, 0.5) is 0 Å². The Kier molecular flexibility index (Phi) is 60.2. The molecule has 0 aromatic rings. The molecule has 0 heterocycles. The van der Waals surface area contributed by atoms with Crippen molar-refractivity contribution in [1.29, 1.82) is 0 Å². The smallest absolute Gasteiger partial charge is 0.780 e. The van der Waals surface area contributed by atoms with Crippen molar-refractivity contribution in [2.24, 2.45) is 0 Å². The van der Waals surface area contributed by atoms with E-state index in [0.29, 0.717) is 0 Å². The minimum atomic E-state index is -4.33. The molecule has 0 atom stereocenters. The van der Waals surface area contributed by atoms with E-state index >= 15 is 0 Å². The van der Waals surface area contributed by atoms with Crippen LogP contribution < -0.4 is 59.1 Å². The van der Waals surface area contributed by atoms with Crippen LogP contribution in [-0.4, -0.2) is 13.3 Å². The van der Waals surface area contributed by atoms with Crippen LogP contribution in [0.25, 0.3) is 0 Å². The Morgan fingerprint density at radius 2 is 1.00 bits per heavy atom. The Morgan fingerprint density at radius 3 is 1.00 bits per heavy atom. The molecule has 56 valence electrons. The molecule has 0 aromatic carbocycles. The van der Waals surface area contributed by atoms with Crippen molar-refractivity contribution >= 4 is 20.2 Å². The second kappa shape index (κ2) is 22.6. The summed E-state index contributed by atoms with van der Waals surface area (Å²) in [6, 6.07) is 0. The predicted octanol–water partition coefficient (Wildman–Crippen LogP) is -5.39. The third-order valence-electron chi connectivity index (χ3n) is 0. The molecule has 0 rings (SSSR count). The van der Waals surface area contributed by atoms with Crippen LogP contribution >= 0.6 is 0 Å². The summed E-state index contributed by atoms with van der Waals surface area (Å²) >= 11 is 3.24. The summed E-state index contributed by atoms with van der Waals surface area (Å²) in [7, 11) is -4.33. The molecule has 0 N–H and O–H groups in total. The Morgan fingerprint density at radius 1 is 1.00 bits per heavy atom. The zero-order chi connectivity index (χ0) is 8.50. The summed E-state index contributed by atoms with van der Waals surface area (Å²) in [6.07, 6.45) is 0. The quantitative estimate of drug-likeness (QED) is 0.298. The summed E-state index contributed by atoms with van der Waals surface area (Å²) in [6.45, 7) is 12.0. The molecule has 0 radical (unpaired) electrons. The van der Waals surface area contributed by atoms with Crippen LogP contribution in [0.1, 0.15) is 0 Å². The van der Waals surface area contributed by atoms with Crippen LogP contribution in [0.5, 0.6) is 0 Å². The molecular formula is C4H8Na2O3S2. The van der Waals surface area contributed by atoms with Gasteiger partial charge in [0.15, 0.2) is 0 Å². The molecule has 11 heavy (non-hydrogen) atoms. The van der Waals surface area contributed by atoms with Gasteiger partial charge in [-0.3, -0.25) is 4.21 Å². The van der Waals surface area contributed by atoms with E-state index in [-0.39, 0.29) is 59.1 Å². The van der Waals surface area contributed by atoms with E-state index < -0.39 is 9.05 Å². The normalized spacial score (nSPS) is 6.00. The van der Waals surface area contributed by atoms with Crippen molar-refractivity contribution in [2.75, 3.05) is 0 Å². The van der Waals surface area contributed by atoms with Crippen molar-refractivity contribution in [2.45, 2.75) is 0 Å². The first kappa shape index (κ1) is 29.3. The molecule has 7 heteroatoms. The van der Waals surface area contributed by atoms with Gasteiger partial charge in [-0.05, 0) is 11.2 Å². The van der Waals surface area contributed by atoms with Gasteiger partial charge < -0.3 is 9.11 Å². The summed E-state index contributed by atoms with van der Waals surface area (Å²) in [4.78, 5) is 0. The van der Waals surface area contributed by atoms with Crippen molar-refractivity contribution in [3.8, 4) is 0 Å².